The van der Waals surface area contributed by atoms with E-state index in [1.54, 1.807) is 0 Å². The minimum atomic E-state index is -0.219. The Bertz CT molecular complexity index is 673. The van der Waals surface area contributed by atoms with Crippen LogP contribution in [0.5, 0.6) is 0 Å². The van der Waals surface area contributed by atoms with Gasteiger partial charge in [-0.25, -0.2) is 0 Å². The zero-order valence-electron chi connectivity index (χ0n) is 15.3. The Morgan fingerprint density at radius 2 is 2.12 bits per heavy atom. The van der Waals surface area contributed by atoms with E-state index in [2.05, 4.69) is 33.9 Å². The fraction of sp³-hybridized carbons (Fsp3) is 0.619. The number of esters is 1. The molecular weight excluding hydrogens is 300 g/mol. The van der Waals surface area contributed by atoms with Gasteiger partial charge < -0.3 is 4.74 Å². The van der Waals surface area contributed by atoms with Crippen molar-refractivity contribution in [2.24, 2.45) is 28.1 Å². The topological polar surface area (TPSA) is 43.4 Å². The fourth-order valence-electron chi connectivity index (χ4n) is 6.02. The SMILES string of the molecule is C=CC1(C)C2C(=O)C=C3C(C)(CCC(=O)OC)C(C(=C)C)CCC321. The quantitative estimate of drug-likeness (QED) is 0.560. The molecule has 0 aromatic heterocycles. The highest BCUT2D eigenvalue weighted by Crippen LogP contribution is 2.83. The second-order valence-corrected chi connectivity index (χ2v) is 8.28. The van der Waals surface area contributed by atoms with Crippen molar-refractivity contribution in [2.75, 3.05) is 7.11 Å². The van der Waals surface area contributed by atoms with Crippen molar-refractivity contribution in [3.8, 4) is 0 Å². The van der Waals surface area contributed by atoms with E-state index in [0.717, 1.165) is 18.4 Å². The first-order chi connectivity index (χ1) is 11.2. The molecule has 0 aliphatic heterocycles. The van der Waals surface area contributed by atoms with E-state index in [-0.39, 0.29) is 33.9 Å². The Kier molecular flexibility index (Phi) is 3.71. The third kappa shape index (κ3) is 1.84. The first kappa shape index (κ1) is 17.2. The van der Waals surface area contributed by atoms with Crippen LogP contribution in [0.1, 0.15) is 46.5 Å². The molecular formula is C21H28O3. The summed E-state index contributed by atoms with van der Waals surface area (Å²) in [5, 5.41) is 0. The molecule has 2 fully saturated rings. The van der Waals surface area contributed by atoms with Gasteiger partial charge in [0, 0.05) is 23.2 Å². The summed E-state index contributed by atoms with van der Waals surface area (Å²) in [6.45, 7) is 14.6. The molecule has 0 amide bonds. The second-order valence-electron chi connectivity index (χ2n) is 8.28. The summed E-state index contributed by atoms with van der Waals surface area (Å²) in [6.07, 6.45) is 6.93. The lowest BCUT2D eigenvalue weighted by Crippen LogP contribution is -2.40. The maximum atomic E-state index is 12.7. The van der Waals surface area contributed by atoms with Crippen molar-refractivity contribution < 1.29 is 14.3 Å². The fourth-order valence-corrected chi connectivity index (χ4v) is 6.02. The number of hydrogen-bond donors (Lipinski definition) is 0. The predicted molar refractivity (Wildman–Crippen MR) is 94.2 cm³/mol. The zero-order valence-corrected chi connectivity index (χ0v) is 15.3. The van der Waals surface area contributed by atoms with Gasteiger partial charge in [0.25, 0.3) is 0 Å². The smallest absolute Gasteiger partial charge is 0.305 e. The van der Waals surface area contributed by atoms with Crippen LogP contribution in [0.3, 0.4) is 0 Å². The van der Waals surface area contributed by atoms with E-state index in [1.165, 1.54) is 12.7 Å². The molecule has 3 aliphatic carbocycles. The molecule has 5 unspecified atom stereocenters. The number of allylic oxidation sites excluding steroid dienone is 4. The Balaban J connectivity index is 2.04. The molecule has 0 N–H and O–H groups in total. The first-order valence-electron chi connectivity index (χ1n) is 8.81. The van der Waals surface area contributed by atoms with Crippen LogP contribution in [0, 0.1) is 28.1 Å². The van der Waals surface area contributed by atoms with E-state index in [0.29, 0.717) is 18.8 Å². The third-order valence-corrected chi connectivity index (χ3v) is 7.33. The van der Waals surface area contributed by atoms with E-state index in [4.69, 9.17) is 4.74 Å². The van der Waals surface area contributed by atoms with Gasteiger partial charge in [0.2, 0.25) is 0 Å². The third-order valence-electron chi connectivity index (χ3n) is 7.33. The average molecular weight is 328 g/mol. The lowest BCUT2D eigenvalue weighted by molar-refractivity contribution is -0.141. The van der Waals surface area contributed by atoms with Crippen molar-refractivity contribution in [3.63, 3.8) is 0 Å². The molecule has 0 heterocycles. The molecule has 3 nitrogen and oxygen atoms in total. The summed E-state index contributed by atoms with van der Waals surface area (Å²) in [6, 6.07) is 0. The highest BCUT2D eigenvalue weighted by Gasteiger charge is 2.80. The van der Waals surface area contributed by atoms with Gasteiger partial charge in [-0.1, -0.05) is 37.6 Å². The van der Waals surface area contributed by atoms with Gasteiger partial charge in [0.15, 0.2) is 5.78 Å². The molecule has 2 saturated carbocycles. The largest absolute Gasteiger partial charge is 0.469 e. The Morgan fingerprint density at radius 3 is 2.62 bits per heavy atom. The molecule has 0 aromatic carbocycles. The zero-order chi connectivity index (χ0) is 17.9. The lowest BCUT2D eigenvalue weighted by atomic mass is 9.55. The first-order valence-corrected chi connectivity index (χ1v) is 8.81. The van der Waals surface area contributed by atoms with Gasteiger partial charge in [-0.3, -0.25) is 9.59 Å². The van der Waals surface area contributed by atoms with Crippen molar-refractivity contribution >= 4 is 11.8 Å². The van der Waals surface area contributed by atoms with Gasteiger partial charge in [-0.2, -0.15) is 0 Å². The van der Waals surface area contributed by atoms with Crippen molar-refractivity contribution in [1.29, 1.82) is 0 Å². The molecule has 0 radical (unpaired) electrons. The Hall–Kier alpha value is -1.64. The monoisotopic (exact) mass is 328 g/mol. The average Bonchev–Trinajstić information content (AvgIpc) is 2.89. The molecule has 3 rings (SSSR count). The summed E-state index contributed by atoms with van der Waals surface area (Å²) in [5.41, 5.74) is 1.93. The number of carbonyl (C=O) groups is 2. The van der Waals surface area contributed by atoms with Crippen molar-refractivity contribution in [3.05, 3.63) is 36.5 Å². The second kappa shape index (κ2) is 5.18. The number of rotatable bonds is 5. The number of ketones is 1. The highest BCUT2D eigenvalue weighted by molar-refractivity contribution is 6.02. The standard InChI is InChI=1S/C21H28O3/c1-7-20(5)18-15(22)12-16-19(4,10-9-17(23)24-6)14(13(2)3)8-11-21(16,18)20/h7,12,14,18H,1-2,8-11H2,3-6H3. The summed E-state index contributed by atoms with van der Waals surface area (Å²) in [7, 11) is 1.42. The van der Waals surface area contributed by atoms with Crippen LogP contribution in [0.2, 0.25) is 0 Å². The minimum absolute atomic E-state index is 0.0426. The van der Waals surface area contributed by atoms with Crippen LogP contribution in [0.4, 0.5) is 0 Å². The maximum absolute atomic E-state index is 12.7. The summed E-state index contributed by atoms with van der Waals surface area (Å²) in [5.74, 6) is 0.375. The highest BCUT2D eigenvalue weighted by atomic mass is 16.5. The number of hydrogen-bond acceptors (Lipinski definition) is 3. The normalized spacial score (nSPS) is 42.7. The summed E-state index contributed by atoms with van der Waals surface area (Å²) < 4.78 is 4.85. The molecule has 3 heteroatoms. The van der Waals surface area contributed by atoms with Gasteiger partial charge in [0.1, 0.15) is 0 Å². The maximum Gasteiger partial charge on any atom is 0.305 e. The van der Waals surface area contributed by atoms with E-state index < -0.39 is 0 Å². The molecule has 130 valence electrons. The van der Waals surface area contributed by atoms with Crippen LogP contribution in [0.15, 0.2) is 36.5 Å². The van der Waals surface area contributed by atoms with Gasteiger partial charge >= 0.3 is 5.97 Å². The van der Waals surface area contributed by atoms with E-state index in [1.807, 2.05) is 12.2 Å². The van der Waals surface area contributed by atoms with Gasteiger partial charge in [-0.15, -0.1) is 6.58 Å². The van der Waals surface area contributed by atoms with Crippen molar-refractivity contribution in [2.45, 2.75) is 46.5 Å². The Morgan fingerprint density at radius 1 is 1.46 bits per heavy atom. The molecule has 1 spiro atoms. The van der Waals surface area contributed by atoms with Crippen molar-refractivity contribution in [1.82, 2.24) is 0 Å². The minimum Gasteiger partial charge on any atom is -0.469 e. The van der Waals surface area contributed by atoms with Crippen LogP contribution < -0.4 is 0 Å². The molecule has 3 aliphatic rings. The molecule has 0 bridgehead atoms. The molecule has 0 aromatic rings. The summed E-state index contributed by atoms with van der Waals surface area (Å²) in [4.78, 5) is 24.4. The van der Waals surface area contributed by atoms with Crippen LogP contribution in [-0.4, -0.2) is 18.9 Å². The predicted octanol–water partition coefficient (Wildman–Crippen LogP) is 4.25. The van der Waals surface area contributed by atoms with Crippen LogP contribution in [-0.2, 0) is 14.3 Å². The van der Waals surface area contributed by atoms with Gasteiger partial charge in [-0.05, 0) is 43.6 Å². The lowest BCUT2D eigenvalue weighted by Gasteiger charge is -2.49. The Labute approximate surface area is 144 Å². The van der Waals surface area contributed by atoms with E-state index in [9.17, 15) is 9.59 Å². The summed E-state index contributed by atoms with van der Waals surface area (Å²) >= 11 is 0. The number of methoxy groups -OCH3 is 1. The van der Waals surface area contributed by atoms with Crippen LogP contribution >= 0.6 is 0 Å². The number of ether oxygens (including phenoxy) is 1. The molecule has 24 heavy (non-hydrogen) atoms. The molecule has 5 atom stereocenters. The number of carbonyl (C=O) groups excluding carboxylic acids is 2. The van der Waals surface area contributed by atoms with E-state index >= 15 is 0 Å². The molecule has 0 saturated heterocycles. The van der Waals surface area contributed by atoms with Gasteiger partial charge in [0.05, 0.1) is 7.11 Å². The van der Waals surface area contributed by atoms with Crippen LogP contribution in [0.25, 0.3) is 0 Å².